The highest BCUT2D eigenvalue weighted by Gasteiger charge is 2.19. The van der Waals surface area contributed by atoms with Crippen molar-refractivity contribution in [1.82, 2.24) is 4.90 Å². The van der Waals surface area contributed by atoms with Crippen molar-refractivity contribution < 1.29 is 23.7 Å². The summed E-state index contributed by atoms with van der Waals surface area (Å²) in [6.07, 6.45) is 0. The Morgan fingerprint density at radius 3 is 2.10 bits per heavy atom. The molecule has 1 aliphatic heterocycles. The molecule has 29 heavy (non-hydrogen) atoms. The minimum Gasteiger partial charge on any atom is -0.493 e. The molecule has 0 unspecified atom stereocenters. The highest BCUT2D eigenvalue weighted by atomic mass is 16.5. The molecule has 2 aromatic carbocycles. The third-order valence-corrected chi connectivity index (χ3v) is 4.99. The van der Waals surface area contributed by atoms with Crippen LogP contribution >= 0.6 is 0 Å². The van der Waals surface area contributed by atoms with Gasteiger partial charge in [-0.25, -0.2) is 0 Å². The molecule has 7 heteroatoms. The van der Waals surface area contributed by atoms with Crippen LogP contribution in [0.15, 0.2) is 36.4 Å². The second-order valence-corrected chi connectivity index (χ2v) is 6.84. The van der Waals surface area contributed by atoms with E-state index in [4.69, 9.17) is 18.9 Å². The number of morpholine rings is 1. The van der Waals surface area contributed by atoms with Gasteiger partial charge < -0.3 is 28.7 Å². The van der Waals surface area contributed by atoms with E-state index in [2.05, 4.69) is 29.2 Å². The molecule has 3 rings (SSSR count). The van der Waals surface area contributed by atoms with Crippen LogP contribution in [0.1, 0.15) is 15.9 Å². The summed E-state index contributed by atoms with van der Waals surface area (Å²) in [6, 6.07) is 11.6. The molecule has 0 saturated carbocycles. The summed E-state index contributed by atoms with van der Waals surface area (Å²) >= 11 is 0. The summed E-state index contributed by atoms with van der Waals surface area (Å²) in [4.78, 5) is 16.9. The number of ether oxygens (including phenoxy) is 4. The van der Waals surface area contributed by atoms with E-state index < -0.39 is 0 Å². The van der Waals surface area contributed by atoms with Crippen LogP contribution in [0.25, 0.3) is 0 Å². The number of anilines is 1. The van der Waals surface area contributed by atoms with Gasteiger partial charge in [0.2, 0.25) is 5.75 Å². The molecule has 1 saturated heterocycles. The van der Waals surface area contributed by atoms with Crippen LogP contribution in [0.2, 0.25) is 0 Å². The zero-order chi connectivity index (χ0) is 20.8. The van der Waals surface area contributed by atoms with Gasteiger partial charge in [0.15, 0.2) is 11.5 Å². The molecular weight excluding hydrogens is 372 g/mol. The van der Waals surface area contributed by atoms with Crippen molar-refractivity contribution >= 4 is 11.6 Å². The van der Waals surface area contributed by atoms with Crippen LogP contribution in [0.3, 0.4) is 0 Å². The molecule has 1 amide bonds. The SMILES string of the molecule is COc1cc(C(=O)N(C)Cc2ccc(N3CCOCC3)cc2)cc(OC)c1OC. The molecule has 1 aliphatic rings. The molecule has 0 atom stereocenters. The normalized spacial score (nSPS) is 13.7. The van der Waals surface area contributed by atoms with Gasteiger partial charge >= 0.3 is 0 Å². The predicted molar refractivity (Wildman–Crippen MR) is 111 cm³/mol. The van der Waals surface area contributed by atoms with E-state index in [-0.39, 0.29) is 5.91 Å². The first-order chi connectivity index (χ1) is 14.1. The maximum absolute atomic E-state index is 13.0. The van der Waals surface area contributed by atoms with Crippen molar-refractivity contribution in [2.75, 3.05) is 59.6 Å². The lowest BCUT2D eigenvalue weighted by molar-refractivity contribution is 0.0784. The molecule has 0 aliphatic carbocycles. The van der Waals surface area contributed by atoms with Gasteiger partial charge in [-0.1, -0.05) is 12.1 Å². The third-order valence-electron chi connectivity index (χ3n) is 4.99. The Morgan fingerprint density at radius 1 is 1.00 bits per heavy atom. The highest BCUT2D eigenvalue weighted by molar-refractivity contribution is 5.95. The minimum atomic E-state index is -0.124. The van der Waals surface area contributed by atoms with E-state index in [1.54, 1.807) is 24.1 Å². The molecule has 1 heterocycles. The number of carbonyl (C=O) groups is 1. The standard InChI is InChI=1S/C22H28N2O5/c1-23(15-16-5-7-18(8-6-16)24-9-11-29-12-10-24)22(25)17-13-19(26-2)21(28-4)20(14-17)27-3/h5-8,13-14H,9-12,15H2,1-4H3. The predicted octanol–water partition coefficient (Wildman–Crippen LogP) is 2.82. The molecule has 0 bridgehead atoms. The molecule has 1 fully saturated rings. The number of carbonyl (C=O) groups excluding carboxylic acids is 1. The Hall–Kier alpha value is -2.93. The maximum atomic E-state index is 13.0. The van der Waals surface area contributed by atoms with Crippen LogP contribution in [-0.4, -0.2) is 65.5 Å². The van der Waals surface area contributed by atoms with Gasteiger partial charge in [-0.2, -0.15) is 0 Å². The highest BCUT2D eigenvalue weighted by Crippen LogP contribution is 2.38. The van der Waals surface area contributed by atoms with Gasteiger partial charge in [0, 0.05) is 37.9 Å². The van der Waals surface area contributed by atoms with Gasteiger partial charge in [-0.05, 0) is 29.8 Å². The van der Waals surface area contributed by atoms with Gasteiger partial charge in [-0.3, -0.25) is 4.79 Å². The number of hydrogen-bond acceptors (Lipinski definition) is 6. The average Bonchev–Trinajstić information content (AvgIpc) is 2.78. The summed E-state index contributed by atoms with van der Waals surface area (Å²) in [5.41, 5.74) is 2.72. The lowest BCUT2D eigenvalue weighted by Crippen LogP contribution is -2.36. The molecule has 0 spiro atoms. The van der Waals surface area contributed by atoms with Crippen LogP contribution in [0, 0.1) is 0 Å². The molecule has 0 aromatic heterocycles. The van der Waals surface area contributed by atoms with E-state index >= 15 is 0 Å². The summed E-state index contributed by atoms with van der Waals surface area (Å²) in [6.45, 7) is 3.82. The Kier molecular flexibility index (Phi) is 6.82. The van der Waals surface area contributed by atoms with Crippen LogP contribution in [0.5, 0.6) is 17.2 Å². The number of benzene rings is 2. The fourth-order valence-corrected chi connectivity index (χ4v) is 3.40. The second kappa shape index (κ2) is 9.52. The molecule has 2 aromatic rings. The monoisotopic (exact) mass is 400 g/mol. The van der Waals surface area contributed by atoms with Gasteiger partial charge in [0.05, 0.1) is 34.5 Å². The van der Waals surface area contributed by atoms with Crippen molar-refractivity contribution in [3.8, 4) is 17.2 Å². The first-order valence-electron chi connectivity index (χ1n) is 9.54. The Morgan fingerprint density at radius 2 is 1.59 bits per heavy atom. The number of rotatable bonds is 7. The fourth-order valence-electron chi connectivity index (χ4n) is 3.40. The zero-order valence-electron chi connectivity index (χ0n) is 17.4. The summed E-state index contributed by atoms with van der Waals surface area (Å²) in [5, 5.41) is 0. The first-order valence-corrected chi connectivity index (χ1v) is 9.54. The van der Waals surface area contributed by atoms with E-state index in [1.165, 1.54) is 27.0 Å². The molecular formula is C22H28N2O5. The quantitative estimate of drug-likeness (QED) is 0.712. The zero-order valence-corrected chi connectivity index (χ0v) is 17.4. The first kappa shape index (κ1) is 20.8. The molecule has 0 N–H and O–H groups in total. The molecule has 156 valence electrons. The smallest absolute Gasteiger partial charge is 0.254 e. The van der Waals surface area contributed by atoms with Crippen LogP contribution in [-0.2, 0) is 11.3 Å². The minimum absolute atomic E-state index is 0.124. The van der Waals surface area contributed by atoms with E-state index in [0.717, 1.165) is 31.9 Å². The summed E-state index contributed by atoms with van der Waals surface area (Å²) in [7, 11) is 6.38. The summed E-state index contributed by atoms with van der Waals surface area (Å²) in [5.74, 6) is 1.26. The average molecular weight is 400 g/mol. The lowest BCUT2D eigenvalue weighted by atomic mass is 10.1. The summed E-state index contributed by atoms with van der Waals surface area (Å²) < 4.78 is 21.4. The van der Waals surface area contributed by atoms with Gasteiger partial charge in [0.1, 0.15) is 0 Å². The Labute approximate surface area is 171 Å². The second-order valence-electron chi connectivity index (χ2n) is 6.84. The molecule has 0 radical (unpaired) electrons. The van der Waals surface area contributed by atoms with Crippen molar-refractivity contribution in [3.63, 3.8) is 0 Å². The number of methoxy groups -OCH3 is 3. The van der Waals surface area contributed by atoms with Crippen molar-refractivity contribution in [1.29, 1.82) is 0 Å². The van der Waals surface area contributed by atoms with Gasteiger partial charge in [0.25, 0.3) is 5.91 Å². The maximum Gasteiger partial charge on any atom is 0.254 e. The topological polar surface area (TPSA) is 60.5 Å². The van der Waals surface area contributed by atoms with Crippen molar-refractivity contribution in [3.05, 3.63) is 47.5 Å². The van der Waals surface area contributed by atoms with Crippen molar-refractivity contribution in [2.24, 2.45) is 0 Å². The number of nitrogens with zero attached hydrogens (tertiary/aromatic N) is 2. The Bertz CT molecular complexity index is 807. The number of amides is 1. The third kappa shape index (κ3) is 4.74. The molecule has 7 nitrogen and oxygen atoms in total. The van der Waals surface area contributed by atoms with E-state index in [0.29, 0.717) is 29.4 Å². The van der Waals surface area contributed by atoms with Gasteiger partial charge in [-0.15, -0.1) is 0 Å². The largest absolute Gasteiger partial charge is 0.493 e. The van der Waals surface area contributed by atoms with E-state index in [9.17, 15) is 4.79 Å². The lowest BCUT2D eigenvalue weighted by Gasteiger charge is -2.29. The van der Waals surface area contributed by atoms with E-state index in [1.807, 2.05) is 0 Å². The van der Waals surface area contributed by atoms with Crippen LogP contribution < -0.4 is 19.1 Å². The number of hydrogen-bond donors (Lipinski definition) is 0. The fraction of sp³-hybridized carbons (Fsp3) is 0.409. The van der Waals surface area contributed by atoms with Crippen LogP contribution in [0.4, 0.5) is 5.69 Å². The Balaban J connectivity index is 1.72. The van der Waals surface area contributed by atoms with Crippen molar-refractivity contribution in [2.45, 2.75) is 6.54 Å².